The lowest BCUT2D eigenvalue weighted by Gasteiger charge is -2.19. The fraction of sp³-hybridized carbons (Fsp3) is 0.231. The Kier molecular flexibility index (Phi) is 4.39. The van der Waals surface area contributed by atoms with Crippen LogP contribution in [0.4, 0.5) is 0 Å². The van der Waals surface area contributed by atoms with Gasteiger partial charge in [-0.25, -0.2) is 0 Å². The second kappa shape index (κ2) is 6.04. The van der Waals surface area contributed by atoms with Crippen LogP contribution in [0.15, 0.2) is 35.3 Å². The van der Waals surface area contributed by atoms with Gasteiger partial charge in [-0.1, -0.05) is 11.6 Å². The number of nitrogens with one attached hydrogen (secondary N) is 1. The van der Waals surface area contributed by atoms with Crippen LogP contribution in [0.2, 0.25) is 4.34 Å². The minimum atomic E-state index is -0.218. The summed E-state index contributed by atoms with van der Waals surface area (Å²) in [5.41, 5.74) is 0.258. The average Bonchev–Trinajstić information content (AvgIpc) is 2.81. The van der Waals surface area contributed by atoms with Gasteiger partial charge in [0.25, 0.3) is 5.91 Å². The summed E-state index contributed by atoms with van der Waals surface area (Å²) in [5.74, 6) is -0.108. The summed E-state index contributed by atoms with van der Waals surface area (Å²) in [6, 6.07) is 6.62. The van der Waals surface area contributed by atoms with E-state index in [0.717, 1.165) is 4.88 Å². The van der Waals surface area contributed by atoms with Gasteiger partial charge in [0.2, 0.25) is 5.56 Å². The van der Waals surface area contributed by atoms with E-state index in [-0.39, 0.29) is 11.5 Å². The highest BCUT2D eigenvalue weighted by Crippen LogP contribution is 2.23. The first-order valence-corrected chi connectivity index (χ1v) is 7.02. The zero-order valence-electron chi connectivity index (χ0n) is 10.4. The van der Waals surface area contributed by atoms with Gasteiger partial charge in [-0.05, 0) is 25.1 Å². The molecule has 0 aliphatic heterocycles. The molecule has 6 heteroatoms. The molecule has 0 bridgehead atoms. The predicted molar refractivity (Wildman–Crippen MR) is 76.8 cm³/mol. The quantitative estimate of drug-likeness (QED) is 0.943. The number of aromatic amines is 1. The summed E-state index contributed by atoms with van der Waals surface area (Å²) in [5, 5.41) is 0. The van der Waals surface area contributed by atoms with Crippen molar-refractivity contribution in [2.75, 3.05) is 6.54 Å². The van der Waals surface area contributed by atoms with E-state index < -0.39 is 0 Å². The summed E-state index contributed by atoms with van der Waals surface area (Å²) >= 11 is 7.34. The van der Waals surface area contributed by atoms with E-state index in [1.807, 2.05) is 19.1 Å². The van der Waals surface area contributed by atoms with Gasteiger partial charge in [-0.15, -0.1) is 11.3 Å². The smallest absolute Gasteiger partial charge is 0.255 e. The summed E-state index contributed by atoms with van der Waals surface area (Å²) in [4.78, 5) is 28.5. The average molecular weight is 297 g/mol. The third kappa shape index (κ3) is 3.45. The molecule has 2 aromatic rings. The van der Waals surface area contributed by atoms with Crippen molar-refractivity contribution in [2.24, 2.45) is 0 Å². The molecule has 1 N–H and O–H groups in total. The number of aromatic nitrogens is 1. The van der Waals surface area contributed by atoms with E-state index in [1.165, 1.54) is 29.7 Å². The van der Waals surface area contributed by atoms with Crippen molar-refractivity contribution in [3.8, 4) is 0 Å². The zero-order valence-corrected chi connectivity index (χ0v) is 11.9. The van der Waals surface area contributed by atoms with Crippen molar-refractivity contribution in [1.29, 1.82) is 0 Å². The molecule has 100 valence electrons. The van der Waals surface area contributed by atoms with E-state index in [9.17, 15) is 9.59 Å². The minimum absolute atomic E-state index is 0.108. The maximum absolute atomic E-state index is 12.3. The first-order chi connectivity index (χ1) is 9.10. The number of halogens is 1. The maximum atomic E-state index is 12.3. The van der Waals surface area contributed by atoms with E-state index in [1.54, 1.807) is 4.90 Å². The van der Waals surface area contributed by atoms with Gasteiger partial charge in [-0.3, -0.25) is 9.59 Å². The first kappa shape index (κ1) is 13.8. The van der Waals surface area contributed by atoms with Crippen molar-refractivity contribution < 1.29 is 4.79 Å². The molecule has 2 rings (SSSR count). The Hall–Kier alpha value is -1.59. The van der Waals surface area contributed by atoms with Crippen molar-refractivity contribution in [1.82, 2.24) is 9.88 Å². The summed E-state index contributed by atoms with van der Waals surface area (Å²) in [6.07, 6.45) is 1.44. The van der Waals surface area contributed by atoms with Crippen LogP contribution in [-0.2, 0) is 6.54 Å². The van der Waals surface area contributed by atoms with Crippen molar-refractivity contribution in [3.05, 3.63) is 55.6 Å². The van der Waals surface area contributed by atoms with Crippen LogP contribution in [0.25, 0.3) is 0 Å². The van der Waals surface area contributed by atoms with E-state index in [2.05, 4.69) is 4.98 Å². The lowest BCUT2D eigenvalue weighted by atomic mass is 10.2. The molecule has 0 unspecified atom stereocenters. The number of H-pyrrole nitrogens is 1. The topological polar surface area (TPSA) is 53.2 Å². The van der Waals surface area contributed by atoms with Gasteiger partial charge < -0.3 is 9.88 Å². The minimum Gasteiger partial charge on any atom is -0.334 e. The Balaban J connectivity index is 2.15. The van der Waals surface area contributed by atoms with Crippen LogP contribution in [0, 0.1) is 0 Å². The highest BCUT2D eigenvalue weighted by molar-refractivity contribution is 7.16. The lowest BCUT2D eigenvalue weighted by Crippen LogP contribution is -2.30. The van der Waals surface area contributed by atoms with E-state index in [4.69, 9.17) is 11.6 Å². The number of pyridine rings is 1. The lowest BCUT2D eigenvalue weighted by molar-refractivity contribution is 0.0753. The van der Waals surface area contributed by atoms with Crippen LogP contribution in [0.3, 0.4) is 0 Å². The van der Waals surface area contributed by atoms with Gasteiger partial charge in [0.1, 0.15) is 0 Å². The monoisotopic (exact) mass is 296 g/mol. The third-order valence-electron chi connectivity index (χ3n) is 2.68. The molecule has 0 aliphatic rings. The fourth-order valence-corrected chi connectivity index (χ4v) is 2.78. The fourth-order valence-electron chi connectivity index (χ4n) is 1.68. The molecule has 0 saturated carbocycles. The second-order valence-electron chi connectivity index (χ2n) is 3.97. The number of carbonyl (C=O) groups is 1. The Morgan fingerprint density at radius 1 is 1.37 bits per heavy atom. The molecule has 0 atom stereocenters. The first-order valence-electron chi connectivity index (χ1n) is 5.82. The Morgan fingerprint density at radius 2 is 2.16 bits per heavy atom. The van der Waals surface area contributed by atoms with Gasteiger partial charge in [0.05, 0.1) is 16.4 Å². The standard InChI is InChI=1S/C13H13ClN2O2S/c1-2-16(8-10-4-5-11(14)19-10)13(18)9-3-6-12(17)15-7-9/h3-7H,2,8H2,1H3,(H,15,17). The molecule has 19 heavy (non-hydrogen) atoms. The molecule has 0 fully saturated rings. The van der Waals surface area contributed by atoms with Gasteiger partial charge in [0.15, 0.2) is 0 Å². The molecule has 4 nitrogen and oxygen atoms in total. The molecule has 0 radical (unpaired) electrons. The molecule has 2 aromatic heterocycles. The summed E-state index contributed by atoms with van der Waals surface area (Å²) in [7, 11) is 0. The molecule has 1 amide bonds. The molecular formula is C13H13ClN2O2S. The largest absolute Gasteiger partial charge is 0.334 e. The molecule has 0 aliphatic carbocycles. The Morgan fingerprint density at radius 3 is 2.68 bits per heavy atom. The number of thiophene rings is 1. The summed E-state index contributed by atoms with van der Waals surface area (Å²) < 4.78 is 0.711. The molecular weight excluding hydrogens is 284 g/mol. The Bertz CT molecular complexity index is 615. The molecule has 2 heterocycles. The third-order valence-corrected chi connectivity index (χ3v) is 3.89. The normalized spacial score (nSPS) is 10.4. The summed E-state index contributed by atoms with van der Waals surface area (Å²) in [6.45, 7) is 3.03. The van der Waals surface area contributed by atoms with Gasteiger partial charge in [0, 0.05) is 23.7 Å². The Labute approximate surface area is 119 Å². The van der Waals surface area contributed by atoms with Crippen LogP contribution >= 0.6 is 22.9 Å². The van der Waals surface area contributed by atoms with Crippen LogP contribution in [-0.4, -0.2) is 22.3 Å². The number of hydrogen-bond acceptors (Lipinski definition) is 3. The number of amides is 1. The van der Waals surface area contributed by atoms with Crippen LogP contribution < -0.4 is 5.56 Å². The highest BCUT2D eigenvalue weighted by Gasteiger charge is 2.15. The van der Waals surface area contributed by atoms with Crippen LogP contribution in [0.5, 0.6) is 0 Å². The maximum Gasteiger partial charge on any atom is 0.255 e. The highest BCUT2D eigenvalue weighted by atomic mass is 35.5. The van der Waals surface area contributed by atoms with Crippen molar-refractivity contribution >= 4 is 28.8 Å². The van der Waals surface area contributed by atoms with Gasteiger partial charge >= 0.3 is 0 Å². The van der Waals surface area contributed by atoms with E-state index in [0.29, 0.717) is 23.0 Å². The molecule has 0 aromatic carbocycles. The van der Waals surface area contributed by atoms with Crippen molar-refractivity contribution in [3.63, 3.8) is 0 Å². The van der Waals surface area contributed by atoms with E-state index >= 15 is 0 Å². The van der Waals surface area contributed by atoms with Gasteiger partial charge in [-0.2, -0.15) is 0 Å². The predicted octanol–water partition coefficient (Wildman–Crippen LogP) is 2.75. The zero-order chi connectivity index (χ0) is 13.8. The molecule has 0 spiro atoms. The van der Waals surface area contributed by atoms with Crippen molar-refractivity contribution in [2.45, 2.75) is 13.5 Å². The SMILES string of the molecule is CCN(Cc1ccc(Cl)s1)C(=O)c1ccc(=O)[nH]c1. The van der Waals surface area contributed by atoms with Crippen LogP contribution in [0.1, 0.15) is 22.2 Å². The molecule has 0 saturated heterocycles. The number of rotatable bonds is 4. The second-order valence-corrected chi connectivity index (χ2v) is 5.77. The number of nitrogens with zero attached hydrogens (tertiary/aromatic N) is 1. The number of hydrogen-bond donors (Lipinski definition) is 1. The number of carbonyl (C=O) groups excluding carboxylic acids is 1.